The van der Waals surface area contributed by atoms with Crippen molar-refractivity contribution < 1.29 is 124 Å². The number of fused-ring (bicyclic) bond motifs is 8. The third-order valence-corrected chi connectivity index (χ3v) is 10.9. The third kappa shape index (κ3) is 6.30. The maximum Gasteiger partial charge on any atom is 0.344 e. The van der Waals surface area contributed by atoms with E-state index >= 15 is 0 Å². The SMILES string of the molecule is O=C1OC[C@H]2OC(O)[C@@H]3OC(=O)c4cc(O)c(O)c(O)c4-c4c(cc(O)c(O)c4O)C(=O)O[C@H]3[C@@H]2OC(=O)c2cc(O)c(O)c3oc(=O)c4cc(O)c(c(O)c4c23)Oc2c1cc(O)c(O)c2O. The quantitative estimate of drug-likeness (QED) is 0.0339. The number of hydrogen-bond acceptors (Lipinski definition) is 26. The lowest BCUT2D eigenvalue weighted by Gasteiger charge is -2.43. The Balaban J connectivity index is 1.30. The number of carbonyl (C=O) groups is 4. The first-order chi connectivity index (χ1) is 31.6. The van der Waals surface area contributed by atoms with Crippen LogP contribution in [0.1, 0.15) is 41.4 Å². The van der Waals surface area contributed by atoms with Gasteiger partial charge in [-0.3, -0.25) is 0 Å². The van der Waals surface area contributed by atoms with E-state index in [1.165, 1.54) is 0 Å². The molecule has 0 aliphatic carbocycles. The molecule has 1 aromatic heterocycles. The topological polar surface area (TPSA) is 437 Å². The van der Waals surface area contributed by atoms with Gasteiger partial charge in [-0.25, -0.2) is 24.0 Å². The van der Waals surface area contributed by atoms with Crippen LogP contribution in [0.2, 0.25) is 0 Å². The minimum absolute atomic E-state index is 0.435. The van der Waals surface area contributed by atoms with E-state index in [1.54, 1.807) is 0 Å². The fourth-order valence-electron chi connectivity index (χ4n) is 7.77. The van der Waals surface area contributed by atoms with Gasteiger partial charge < -0.3 is 104 Å². The van der Waals surface area contributed by atoms with Crippen molar-refractivity contribution in [1.29, 1.82) is 0 Å². The average molecular weight is 935 g/mol. The standard InChI is InChI=1S/C41H26O26/c42-12-1-7-18(26(51)22(12)47)19-8(2-13(43)23(48)27(19)52)39(58)67-35-34(66-38(7)57)32-17(62-41(35)60)6-61-36(55)11-5-14(44)24(49)29(54)30(11)63-31-16(46)4-9-20(28(31)53)21-10(40(59)64-32)3-15(45)25(50)33(21)65-37(9)56/h1-5,17,32,34-35,41-54,60H,6H2/t17-,32-,34+,35-,41?/m1/s1. The predicted molar refractivity (Wildman–Crippen MR) is 209 cm³/mol. The summed E-state index contributed by atoms with van der Waals surface area (Å²) >= 11 is 0. The highest BCUT2D eigenvalue weighted by atomic mass is 16.7. The van der Waals surface area contributed by atoms with Crippen LogP contribution in [0.25, 0.3) is 32.9 Å². The fraction of sp³-hybridized carbons (Fsp3) is 0.146. The van der Waals surface area contributed by atoms with Gasteiger partial charge in [-0.15, -0.1) is 0 Å². The van der Waals surface area contributed by atoms with Gasteiger partial charge in [0, 0.05) is 28.0 Å². The molecule has 346 valence electrons. The number of aromatic hydroxyl groups is 13. The molecule has 1 unspecified atom stereocenters. The Morgan fingerprint density at radius 1 is 0.448 bits per heavy atom. The molecular weight excluding hydrogens is 908 g/mol. The molecule has 5 aromatic carbocycles. The second kappa shape index (κ2) is 14.8. The first-order valence-corrected chi connectivity index (χ1v) is 18.7. The third-order valence-electron chi connectivity index (χ3n) is 10.9. The zero-order valence-electron chi connectivity index (χ0n) is 32.6. The molecule has 1 saturated heterocycles. The van der Waals surface area contributed by atoms with Crippen LogP contribution in [-0.2, 0) is 23.7 Å². The molecule has 6 aromatic rings. The first-order valence-electron chi connectivity index (χ1n) is 18.7. The van der Waals surface area contributed by atoms with Gasteiger partial charge in [0.15, 0.2) is 81.9 Å². The second-order valence-corrected chi connectivity index (χ2v) is 14.8. The molecule has 26 nitrogen and oxygen atoms in total. The van der Waals surface area contributed by atoms with Crippen LogP contribution < -0.4 is 10.4 Å². The molecule has 1 fully saturated rings. The van der Waals surface area contributed by atoms with Crippen molar-refractivity contribution in [3.63, 3.8) is 0 Å². The van der Waals surface area contributed by atoms with E-state index in [0.29, 0.717) is 30.3 Å². The Hall–Kier alpha value is -9.43. The molecule has 2 bridgehead atoms. The minimum Gasteiger partial charge on any atom is -0.504 e. The van der Waals surface area contributed by atoms with Crippen molar-refractivity contribution in [1.82, 2.24) is 0 Å². The van der Waals surface area contributed by atoms with E-state index in [2.05, 4.69) is 0 Å². The Morgan fingerprint density at radius 2 is 0.940 bits per heavy atom. The number of phenolic OH excluding ortho intramolecular Hbond substituents is 13. The molecule has 0 radical (unpaired) electrons. The number of aliphatic hydroxyl groups is 1. The van der Waals surface area contributed by atoms with Gasteiger partial charge in [0.2, 0.25) is 34.5 Å². The fourth-order valence-corrected chi connectivity index (χ4v) is 7.77. The van der Waals surface area contributed by atoms with Crippen molar-refractivity contribution in [2.45, 2.75) is 30.7 Å². The number of benzene rings is 5. The summed E-state index contributed by atoms with van der Waals surface area (Å²) in [5.74, 6) is -26.0. The monoisotopic (exact) mass is 934 g/mol. The lowest BCUT2D eigenvalue weighted by molar-refractivity contribution is -0.284. The molecule has 67 heavy (non-hydrogen) atoms. The summed E-state index contributed by atoms with van der Waals surface area (Å²) < 4.78 is 38.4. The maximum atomic E-state index is 14.6. The van der Waals surface area contributed by atoms with E-state index in [1.807, 2.05) is 0 Å². The Morgan fingerprint density at radius 3 is 1.54 bits per heavy atom. The number of hydrogen-bond donors (Lipinski definition) is 14. The van der Waals surface area contributed by atoms with E-state index in [-0.39, 0.29) is 0 Å². The van der Waals surface area contributed by atoms with Crippen molar-refractivity contribution in [3.8, 4) is 97.4 Å². The summed E-state index contributed by atoms with van der Waals surface area (Å²) in [7, 11) is 0. The number of cyclic esters (lactones) is 1. The van der Waals surface area contributed by atoms with Gasteiger partial charge in [0.25, 0.3) is 0 Å². The van der Waals surface area contributed by atoms with Crippen LogP contribution in [0.5, 0.6) is 86.2 Å². The molecule has 3 aliphatic heterocycles. The molecule has 0 saturated carbocycles. The Bertz CT molecular complexity index is 3320. The van der Waals surface area contributed by atoms with Gasteiger partial charge >= 0.3 is 29.5 Å². The number of carbonyl (C=O) groups excluding carboxylic acids is 4. The summed E-state index contributed by atoms with van der Waals surface area (Å²) in [5, 5.41) is 149. The van der Waals surface area contributed by atoms with Gasteiger partial charge in [0.05, 0.1) is 22.1 Å². The number of rotatable bonds is 0. The van der Waals surface area contributed by atoms with Gasteiger partial charge in [0.1, 0.15) is 18.3 Å². The summed E-state index contributed by atoms with van der Waals surface area (Å²) in [6.45, 7) is -1.26. The highest BCUT2D eigenvalue weighted by Gasteiger charge is 2.54. The molecule has 9 rings (SSSR count). The number of phenols is 13. The second-order valence-electron chi connectivity index (χ2n) is 14.8. The van der Waals surface area contributed by atoms with Gasteiger partial charge in [-0.1, -0.05) is 0 Å². The van der Waals surface area contributed by atoms with Crippen LogP contribution in [-0.4, -0.2) is 133 Å². The minimum atomic E-state index is -2.54. The van der Waals surface area contributed by atoms with E-state index in [9.17, 15) is 95.5 Å². The smallest absolute Gasteiger partial charge is 0.344 e. The Kier molecular flexibility index (Phi) is 9.48. The number of ether oxygens (including phenoxy) is 6. The number of esters is 4. The molecular formula is C41H26O26. The zero-order valence-corrected chi connectivity index (χ0v) is 32.6. The Labute approximate surface area is 366 Å². The zero-order chi connectivity index (χ0) is 48.4. The van der Waals surface area contributed by atoms with Crippen LogP contribution in [0.15, 0.2) is 39.5 Å². The normalized spacial score (nSPS) is 20.4. The van der Waals surface area contributed by atoms with E-state index in [0.717, 1.165) is 0 Å². The molecule has 0 spiro atoms. The van der Waals surface area contributed by atoms with Gasteiger partial charge in [-0.05, 0) is 24.3 Å². The van der Waals surface area contributed by atoms with Crippen LogP contribution in [0, 0.1) is 0 Å². The first kappa shape index (κ1) is 42.9. The van der Waals surface area contributed by atoms with E-state index < -0.39 is 208 Å². The summed E-state index contributed by atoms with van der Waals surface area (Å²) in [4.78, 5) is 70.0. The largest absolute Gasteiger partial charge is 0.504 e. The van der Waals surface area contributed by atoms with Crippen molar-refractivity contribution in [2.75, 3.05) is 6.61 Å². The van der Waals surface area contributed by atoms with E-state index in [4.69, 9.17) is 32.8 Å². The summed E-state index contributed by atoms with van der Waals surface area (Å²) in [5.41, 5.74) is -8.65. The molecule has 5 atom stereocenters. The highest BCUT2D eigenvalue weighted by Crippen LogP contribution is 2.55. The van der Waals surface area contributed by atoms with Crippen molar-refractivity contribution in [2.24, 2.45) is 0 Å². The highest BCUT2D eigenvalue weighted by molar-refractivity contribution is 6.19. The van der Waals surface area contributed by atoms with Crippen LogP contribution in [0.3, 0.4) is 0 Å². The van der Waals surface area contributed by atoms with Crippen molar-refractivity contribution >= 4 is 45.6 Å². The molecule has 14 N–H and O–H groups in total. The molecule has 0 amide bonds. The summed E-state index contributed by atoms with van der Waals surface area (Å²) in [6.07, 6.45) is -11.9. The molecule has 3 aliphatic rings. The average Bonchev–Trinajstić information content (AvgIpc) is 3.28. The lowest BCUT2D eigenvalue weighted by atomic mass is 9.91. The number of aliphatic hydroxyl groups excluding tert-OH is 1. The lowest BCUT2D eigenvalue weighted by Crippen LogP contribution is -2.62. The van der Waals surface area contributed by atoms with Gasteiger partial charge in [-0.2, -0.15) is 0 Å². The molecule has 26 heteroatoms. The maximum absolute atomic E-state index is 14.6. The predicted octanol–water partition coefficient (Wildman–Crippen LogP) is 1.76. The molecule has 4 heterocycles. The summed E-state index contributed by atoms with van der Waals surface area (Å²) in [6, 6.07) is 2.43. The van der Waals surface area contributed by atoms with Crippen LogP contribution in [0.4, 0.5) is 0 Å². The van der Waals surface area contributed by atoms with Crippen molar-refractivity contribution in [3.05, 3.63) is 63.0 Å². The van der Waals surface area contributed by atoms with Crippen LogP contribution >= 0.6 is 0 Å².